The molecule has 1 aromatic rings. The first-order chi connectivity index (χ1) is 7.61. The van der Waals surface area contributed by atoms with Crippen LogP contribution in [0.1, 0.15) is 25.8 Å². The van der Waals surface area contributed by atoms with Crippen molar-refractivity contribution in [2.75, 3.05) is 13.6 Å². The third-order valence-corrected chi connectivity index (χ3v) is 2.95. The van der Waals surface area contributed by atoms with Crippen LogP contribution in [-0.2, 0) is 6.42 Å². The van der Waals surface area contributed by atoms with Crippen LogP contribution in [0, 0.1) is 11.8 Å². The fraction of sp³-hybridized carbons (Fsp3) is 0.571. The van der Waals surface area contributed by atoms with Crippen LogP contribution in [-0.4, -0.2) is 13.6 Å². The van der Waals surface area contributed by atoms with Crippen LogP contribution in [0.25, 0.3) is 0 Å². The first-order valence-corrected chi connectivity index (χ1v) is 6.38. The van der Waals surface area contributed by atoms with E-state index in [9.17, 15) is 0 Å². The van der Waals surface area contributed by atoms with Crippen molar-refractivity contribution in [3.05, 3.63) is 34.9 Å². The fourth-order valence-electron chi connectivity index (χ4n) is 2.19. The maximum atomic E-state index is 6.00. The summed E-state index contributed by atoms with van der Waals surface area (Å²) in [6.45, 7) is 5.63. The molecule has 0 bridgehead atoms. The van der Waals surface area contributed by atoms with E-state index in [-0.39, 0.29) is 0 Å². The maximum absolute atomic E-state index is 6.00. The van der Waals surface area contributed by atoms with E-state index in [0.29, 0.717) is 5.92 Å². The Kier molecular flexibility index (Phi) is 5.86. The Hall–Kier alpha value is -0.530. The number of halogens is 1. The zero-order valence-corrected chi connectivity index (χ0v) is 11.2. The predicted molar refractivity (Wildman–Crippen MR) is 72.0 cm³/mol. The van der Waals surface area contributed by atoms with Crippen LogP contribution >= 0.6 is 11.6 Å². The normalized spacial score (nSPS) is 13.1. The van der Waals surface area contributed by atoms with Gasteiger partial charge < -0.3 is 5.32 Å². The number of nitrogens with one attached hydrogen (secondary N) is 1. The van der Waals surface area contributed by atoms with Gasteiger partial charge in [0, 0.05) is 5.02 Å². The van der Waals surface area contributed by atoms with Crippen LogP contribution in [0.15, 0.2) is 24.3 Å². The van der Waals surface area contributed by atoms with Gasteiger partial charge in [-0.1, -0.05) is 37.6 Å². The molecule has 0 saturated carbocycles. The molecule has 1 nitrogen and oxygen atoms in total. The quantitative estimate of drug-likeness (QED) is 0.797. The molecule has 0 saturated heterocycles. The minimum absolute atomic E-state index is 0.698. The van der Waals surface area contributed by atoms with Crippen LogP contribution in [0.4, 0.5) is 0 Å². The molecule has 1 unspecified atom stereocenters. The molecule has 90 valence electrons. The van der Waals surface area contributed by atoms with Crippen LogP contribution in [0.2, 0.25) is 5.02 Å². The number of rotatable bonds is 6. The van der Waals surface area contributed by atoms with Gasteiger partial charge in [0.15, 0.2) is 0 Å². The monoisotopic (exact) mass is 239 g/mol. The van der Waals surface area contributed by atoms with Gasteiger partial charge in [-0.05, 0) is 56.0 Å². The Morgan fingerprint density at radius 1 is 1.31 bits per heavy atom. The topological polar surface area (TPSA) is 12.0 Å². The molecule has 0 aliphatic carbocycles. The van der Waals surface area contributed by atoms with Gasteiger partial charge >= 0.3 is 0 Å². The average molecular weight is 240 g/mol. The first kappa shape index (κ1) is 13.5. The molecule has 0 aliphatic rings. The standard InChI is InChI=1S/C14H22ClN/c1-11(2)7-13(10-16-3)8-12-5-4-6-14(15)9-12/h4-6,9,11,13,16H,7-8,10H2,1-3H3. The maximum Gasteiger partial charge on any atom is 0.0408 e. The zero-order valence-electron chi connectivity index (χ0n) is 10.5. The van der Waals surface area contributed by atoms with E-state index in [1.165, 1.54) is 12.0 Å². The highest BCUT2D eigenvalue weighted by Crippen LogP contribution is 2.19. The molecule has 16 heavy (non-hydrogen) atoms. The molecule has 0 heterocycles. The third-order valence-electron chi connectivity index (χ3n) is 2.71. The zero-order chi connectivity index (χ0) is 12.0. The summed E-state index contributed by atoms with van der Waals surface area (Å²) in [6.07, 6.45) is 2.37. The summed E-state index contributed by atoms with van der Waals surface area (Å²) >= 11 is 6.00. The van der Waals surface area contributed by atoms with Gasteiger partial charge in [0.2, 0.25) is 0 Å². The van der Waals surface area contributed by atoms with Crippen molar-refractivity contribution >= 4 is 11.6 Å². The minimum atomic E-state index is 0.698. The summed E-state index contributed by atoms with van der Waals surface area (Å²) in [5, 5.41) is 4.11. The smallest absolute Gasteiger partial charge is 0.0408 e. The summed E-state index contributed by atoms with van der Waals surface area (Å²) in [7, 11) is 2.02. The molecule has 1 aromatic carbocycles. The van der Waals surface area contributed by atoms with E-state index in [1.54, 1.807) is 0 Å². The van der Waals surface area contributed by atoms with E-state index < -0.39 is 0 Å². The van der Waals surface area contributed by atoms with Crippen LogP contribution in [0.3, 0.4) is 0 Å². The Balaban J connectivity index is 2.60. The molecule has 0 aromatic heterocycles. The molecule has 0 aliphatic heterocycles. The Morgan fingerprint density at radius 3 is 2.62 bits per heavy atom. The third kappa shape index (κ3) is 5.00. The first-order valence-electron chi connectivity index (χ1n) is 6.01. The largest absolute Gasteiger partial charge is 0.319 e. The van der Waals surface area contributed by atoms with Gasteiger partial charge in [0.05, 0.1) is 0 Å². The molecule has 1 atom stereocenters. The number of hydrogen-bond acceptors (Lipinski definition) is 1. The molecule has 1 rings (SSSR count). The summed E-state index contributed by atoms with van der Waals surface area (Å²) in [5.74, 6) is 1.45. The molecule has 0 spiro atoms. The Bertz CT molecular complexity index is 309. The minimum Gasteiger partial charge on any atom is -0.319 e. The summed E-state index contributed by atoms with van der Waals surface area (Å²) < 4.78 is 0. The summed E-state index contributed by atoms with van der Waals surface area (Å²) in [6, 6.07) is 8.20. The highest BCUT2D eigenvalue weighted by molar-refractivity contribution is 6.30. The van der Waals surface area contributed by atoms with Gasteiger partial charge in [-0.3, -0.25) is 0 Å². The Labute approximate surface area is 104 Å². The fourth-order valence-corrected chi connectivity index (χ4v) is 2.40. The molecule has 1 N–H and O–H groups in total. The second-order valence-corrected chi connectivity index (χ2v) is 5.32. The highest BCUT2D eigenvalue weighted by atomic mass is 35.5. The van der Waals surface area contributed by atoms with E-state index in [1.807, 2.05) is 19.2 Å². The van der Waals surface area contributed by atoms with Crippen molar-refractivity contribution in [1.82, 2.24) is 5.32 Å². The second-order valence-electron chi connectivity index (χ2n) is 4.89. The van der Waals surface area contributed by atoms with E-state index in [4.69, 9.17) is 11.6 Å². The van der Waals surface area contributed by atoms with Gasteiger partial charge in [0.25, 0.3) is 0 Å². The van der Waals surface area contributed by atoms with Crippen molar-refractivity contribution in [3.8, 4) is 0 Å². The van der Waals surface area contributed by atoms with Gasteiger partial charge in [0.1, 0.15) is 0 Å². The predicted octanol–water partition coefficient (Wildman–Crippen LogP) is 3.76. The lowest BCUT2D eigenvalue weighted by Gasteiger charge is -2.18. The number of benzene rings is 1. The molecular formula is C14H22ClN. The average Bonchev–Trinajstić information content (AvgIpc) is 2.16. The molecular weight excluding hydrogens is 218 g/mol. The van der Waals surface area contributed by atoms with Crippen LogP contribution in [0.5, 0.6) is 0 Å². The van der Waals surface area contributed by atoms with Crippen molar-refractivity contribution in [1.29, 1.82) is 0 Å². The van der Waals surface area contributed by atoms with Gasteiger partial charge in [-0.2, -0.15) is 0 Å². The Morgan fingerprint density at radius 2 is 2.06 bits per heavy atom. The van der Waals surface area contributed by atoms with Gasteiger partial charge in [-0.25, -0.2) is 0 Å². The van der Waals surface area contributed by atoms with E-state index in [2.05, 4.69) is 31.3 Å². The number of hydrogen-bond donors (Lipinski definition) is 1. The lowest BCUT2D eigenvalue weighted by Crippen LogP contribution is -2.22. The summed E-state index contributed by atoms with van der Waals surface area (Å²) in [4.78, 5) is 0. The molecule has 0 amide bonds. The van der Waals surface area contributed by atoms with Crippen LogP contribution < -0.4 is 5.32 Å². The van der Waals surface area contributed by atoms with Crippen molar-refractivity contribution in [3.63, 3.8) is 0 Å². The molecule has 0 fully saturated rings. The molecule has 2 heteroatoms. The van der Waals surface area contributed by atoms with E-state index >= 15 is 0 Å². The molecule has 0 radical (unpaired) electrons. The highest BCUT2D eigenvalue weighted by Gasteiger charge is 2.11. The van der Waals surface area contributed by atoms with E-state index in [0.717, 1.165) is 23.9 Å². The lowest BCUT2D eigenvalue weighted by atomic mass is 9.91. The summed E-state index contributed by atoms with van der Waals surface area (Å²) in [5.41, 5.74) is 1.34. The van der Waals surface area contributed by atoms with Crippen molar-refractivity contribution < 1.29 is 0 Å². The van der Waals surface area contributed by atoms with Gasteiger partial charge in [-0.15, -0.1) is 0 Å². The SMILES string of the molecule is CNCC(Cc1cccc(Cl)c1)CC(C)C. The van der Waals surface area contributed by atoms with Crippen molar-refractivity contribution in [2.24, 2.45) is 11.8 Å². The second kappa shape index (κ2) is 6.93. The lowest BCUT2D eigenvalue weighted by molar-refractivity contribution is 0.395. The van der Waals surface area contributed by atoms with Crippen molar-refractivity contribution in [2.45, 2.75) is 26.7 Å².